The van der Waals surface area contributed by atoms with Crippen LogP contribution >= 0.6 is 0 Å². The predicted octanol–water partition coefficient (Wildman–Crippen LogP) is 2.24. The average molecular weight is 177 g/mol. The molecular formula is C10H8FNO. The van der Waals surface area contributed by atoms with Crippen LogP contribution in [0.15, 0.2) is 18.2 Å². The molecule has 1 saturated carbocycles. The molecule has 1 aromatic carbocycles. The van der Waals surface area contributed by atoms with E-state index in [0.29, 0.717) is 11.3 Å². The number of nitrogens with zero attached hydrogens (tertiary/aromatic N) is 1. The van der Waals surface area contributed by atoms with Crippen LogP contribution in [0.4, 0.5) is 4.39 Å². The lowest BCUT2D eigenvalue weighted by Crippen LogP contribution is -1.96. The molecule has 0 radical (unpaired) electrons. The molecule has 0 aliphatic heterocycles. The number of hydrogen-bond acceptors (Lipinski definition) is 2. The zero-order chi connectivity index (χ0) is 9.26. The first-order valence-electron chi connectivity index (χ1n) is 4.15. The van der Waals surface area contributed by atoms with Gasteiger partial charge in [0.05, 0.1) is 17.7 Å². The van der Waals surface area contributed by atoms with Crippen molar-refractivity contribution in [3.63, 3.8) is 0 Å². The van der Waals surface area contributed by atoms with Crippen LogP contribution in [-0.4, -0.2) is 6.10 Å². The van der Waals surface area contributed by atoms with Crippen molar-refractivity contribution in [1.29, 1.82) is 5.26 Å². The Morgan fingerprint density at radius 2 is 2.15 bits per heavy atom. The minimum atomic E-state index is -0.422. The molecule has 0 saturated heterocycles. The van der Waals surface area contributed by atoms with Crippen LogP contribution < -0.4 is 4.74 Å². The summed E-state index contributed by atoms with van der Waals surface area (Å²) in [5, 5.41) is 8.56. The van der Waals surface area contributed by atoms with Crippen LogP contribution in [0.2, 0.25) is 0 Å². The van der Waals surface area contributed by atoms with E-state index in [1.54, 1.807) is 6.07 Å². The predicted molar refractivity (Wildman–Crippen MR) is 44.8 cm³/mol. The molecule has 0 bridgehead atoms. The topological polar surface area (TPSA) is 33.0 Å². The summed E-state index contributed by atoms with van der Waals surface area (Å²) >= 11 is 0. The van der Waals surface area contributed by atoms with E-state index in [2.05, 4.69) is 0 Å². The molecule has 1 aliphatic carbocycles. The van der Waals surface area contributed by atoms with Gasteiger partial charge in [0.1, 0.15) is 11.6 Å². The van der Waals surface area contributed by atoms with E-state index in [0.717, 1.165) is 12.8 Å². The molecule has 0 spiro atoms. The molecule has 0 N–H and O–H groups in total. The van der Waals surface area contributed by atoms with Crippen LogP contribution in [0.25, 0.3) is 0 Å². The lowest BCUT2D eigenvalue weighted by Gasteiger charge is -2.03. The summed E-state index contributed by atoms with van der Waals surface area (Å²) < 4.78 is 18.2. The summed E-state index contributed by atoms with van der Waals surface area (Å²) in [6.07, 6.45) is 2.28. The van der Waals surface area contributed by atoms with Gasteiger partial charge in [0.15, 0.2) is 0 Å². The van der Waals surface area contributed by atoms with Gasteiger partial charge in [-0.1, -0.05) is 0 Å². The highest BCUT2D eigenvalue weighted by atomic mass is 19.1. The molecule has 0 amide bonds. The van der Waals surface area contributed by atoms with Crippen molar-refractivity contribution in [3.8, 4) is 11.8 Å². The molecule has 0 aromatic heterocycles. The molecule has 1 aromatic rings. The highest BCUT2D eigenvalue weighted by Crippen LogP contribution is 2.27. The van der Waals surface area contributed by atoms with Crippen molar-refractivity contribution in [2.24, 2.45) is 0 Å². The summed E-state index contributed by atoms with van der Waals surface area (Å²) in [4.78, 5) is 0. The molecule has 0 atom stereocenters. The minimum absolute atomic E-state index is 0.230. The highest BCUT2D eigenvalue weighted by molar-refractivity contribution is 5.37. The van der Waals surface area contributed by atoms with Crippen LogP contribution in [0.3, 0.4) is 0 Å². The van der Waals surface area contributed by atoms with E-state index >= 15 is 0 Å². The number of rotatable bonds is 2. The largest absolute Gasteiger partial charge is 0.490 e. The van der Waals surface area contributed by atoms with Gasteiger partial charge in [-0.3, -0.25) is 0 Å². The second-order valence-corrected chi connectivity index (χ2v) is 3.10. The molecule has 1 aliphatic rings. The summed E-state index contributed by atoms with van der Waals surface area (Å²) in [5.41, 5.74) is 0.302. The number of hydrogen-bond donors (Lipinski definition) is 0. The van der Waals surface area contributed by atoms with Gasteiger partial charge in [-0.2, -0.15) is 5.26 Å². The Bertz CT molecular complexity index is 366. The number of ether oxygens (including phenoxy) is 1. The van der Waals surface area contributed by atoms with E-state index < -0.39 is 5.82 Å². The first kappa shape index (κ1) is 8.06. The first-order chi connectivity index (χ1) is 6.28. The van der Waals surface area contributed by atoms with Gasteiger partial charge in [-0.15, -0.1) is 0 Å². The van der Waals surface area contributed by atoms with Gasteiger partial charge in [-0.05, 0) is 25.0 Å². The average Bonchev–Trinajstić information content (AvgIpc) is 2.87. The first-order valence-corrected chi connectivity index (χ1v) is 4.15. The Morgan fingerprint density at radius 1 is 1.38 bits per heavy atom. The Labute approximate surface area is 75.6 Å². The maximum atomic E-state index is 12.9. The van der Waals surface area contributed by atoms with Gasteiger partial charge >= 0.3 is 0 Å². The standard InChI is InChI=1S/C10H8FNO/c11-8-3-7(6-12)4-10(5-8)13-9-1-2-9/h3-5,9H,1-2H2. The third-order valence-electron chi connectivity index (χ3n) is 1.83. The second kappa shape index (κ2) is 3.06. The summed E-state index contributed by atoms with van der Waals surface area (Å²) in [6.45, 7) is 0. The minimum Gasteiger partial charge on any atom is -0.490 e. The van der Waals surface area contributed by atoms with Crippen molar-refractivity contribution in [2.75, 3.05) is 0 Å². The molecule has 13 heavy (non-hydrogen) atoms. The third-order valence-corrected chi connectivity index (χ3v) is 1.83. The van der Waals surface area contributed by atoms with Crippen molar-refractivity contribution >= 4 is 0 Å². The molecule has 0 unspecified atom stereocenters. The highest BCUT2D eigenvalue weighted by Gasteiger charge is 2.23. The molecule has 0 heterocycles. The fourth-order valence-electron chi connectivity index (χ4n) is 1.07. The Balaban J connectivity index is 2.24. The molecule has 2 rings (SSSR count). The second-order valence-electron chi connectivity index (χ2n) is 3.10. The van der Waals surface area contributed by atoms with Crippen molar-refractivity contribution in [1.82, 2.24) is 0 Å². The maximum Gasteiger partial charge on any atom is 0.128 e. The smallest absolute Gasteiger partial charge is 0.128 e. The number of nitriles is 1. The third kappa shape index (κ3) is 1.97. The molecule has 66 valence electrons. The van der Waals surface area contributed by atoms with E-state index in [4.69, 9.17) is 10.00 Å². The van der Waals surface area contributed by atoms with Gasteiger partial charge in [0.25, 0.3) is 0 Å². The SMILES string of the molecule is N#Cc1cc(F)cc(OC2CC2)c1. The fourth-order valence-corrected chi connectivity index (χ4v) is 1.07. The normalized spacial score (nSPS) is 15.1. The number of benzene rings is 1. The Kier molecular flexibility index (Phi) is 1.90. The molecule has 1 fully saturated rings. The number of halogens is 1. The van der Waals surface area contributed by atoms with Crippen LogP contribution in [0.1, 0.15) is 18.4 Å². The molecule has 3 heteroatoms. The van der Waals surface area contributed by atoms with Crippen molar-refractivity contribution in [2.45, 2.75) is 18.9 Å². The fraction of sp³-hybridized carbons (Fsp3) is 0.300. The van der Waals surface area contributed by atoms with Crippen LogP contribution in [0, 0.1) is 17.1 Å². The Morgan fingerprint density at radius 3 is 2.77 bits per heavy atom. The van der Waals surface area contributed by atoms with Crippen LogP contribution in [-0.2, 0) is 0 Å². The monoisotopic (exact) mass is 177 g/mol. The lowest BCUT2D eigenvalue weighted by molar-refractivity contribution is 0.301. The zero-order valence-electron chi connectivity index (χ0n) is 6.96. The summed E-state index contributed by atoms with van der Waals surface area (Å²) in [6, 6.07) is 5.94. The van der Waals surface area contributed by atoms with Gasteiger partial charge in [0, 0.05) is 6.07 Å². The van der Waals surface area contributed by atoms with Crippen molar-refractivity contribution in [3.05, 3.63) is 29.6 Å². The lowest BCUT2D eigenvalue weighted by atomic mass is 10.2. The Hall–Kier alpha value is -1.56. The van der Waals surface area contributed by atoms with Crippen LogP contribution in [0.5, 0.6) is 5.75 Å². The van der Waals surface area contributed by atoms with E-state index in [-0.39, 0.29) is 6.10 Å². The van der Waals surface area contributed by atoms with E-state index in [9.17, 15) is 4.39 Å². The zero-order valence-corrected chi connectivity index (χ0v) is 6.96. The van der Waals surface area contributed by atoms with Gasteiger partial charge in [0.2, 0.25) is 0 Å². The quantitative estimate of drug-likeness (QED) is 0.694. The van der Waals surface area contributed by atoms with Crippen molar-refractivity contribution < 1.29 is 9.13 Å². The summed E-state index contributed by atoms with van der Waals surface area (Å²) in [5.74, 6) is 0.0359. The van der Waals surface area contributed by atoms with Gasteiger partial charge < -0.3 is 4.74 Å². The summed E-state index contributed by atoms with van der Waals surface area (Å²) in [7, 11) is 0. The van der Waals surface area contributed by atoms with E-state index in [1.165, 1.54) is 12.1 Å². The van der Waals surface area contributed by atoms with E-state index in [1.807, 2.05) is 6.07 Å². The van der Waals surface area contributed by atoms with Gasteiger partial charge in [-0.25, -0.2) is 4.39 Å². The maximum absolute atomic E-state index is 12.9. The molecular weight excluding hydrogens is 169 g/mol. The molecule has 2 nitrogen and oxygen atoms in total.